The number of aromatic nitrogens is 2. The van der Waals surface area contributed by atoms with Crippen molar-refractivity contribution < 1.29 is 4.79 Å². The number of anilines is 1. The molecule has 0 saturated heterocycles. The van der Waals surface area contributed by atoms with Crippen molar-refractivity contribution in [2.45, 2.75) is 34.2 Å². The molecule has 0 unspecified atom stereocenters. The van der Waals surface area contributed by atoms with Crippen molar-refractivity contribution in [2.75, 3.05) is 11.9 Å². The van der Waals surface area contributed by atoms with E-state index in [1.54, 1.807) is 20.0 Å². The maximum absolute atomic E-state index is 12.1. The van der Waals surface area contributed by atoms with Gasteiger partial charge in [-0.15, -0.1) is 0 Å². The maximum atomic E-state index is 12.1. The lowest BCUT2D eigenvalue weighted by atomic mass is 9.93. The van der Waals surface area contributed by atoms with Gasteiger partial charge in [0.1, 0.15) is 4.47 Å². The zero-order valence-electron chi connectivity index (χ0n) is 12.2. The number of amides is 1. The number of hydrogen-bond donors (Lipinski definition) is 2. The Labute approximate surface area is 126 Å². The lowest BCUT2D eigenvalue weighted by Gasteiger charge is -2.21. The van der Waals surface area contributed by atoms with Crippen molar-refractivity contribution in [3.8, 4) is 0 Å². The van der Waals surface area contributed by atoms with Gasteiger partial charge in [0.25, 0.3) is 5.56 Å². The zero-order valence-corrected chi connectivity index (χ0v) is 13.8. The van der Waals surface area contributed by atoms with Crippen LogP contribution in [0.5, 0.6) is 0 Å². The highest BCUT2D eigenvalue weighted by Gasteiger charge is 2.25. The van der Waals surface area contributed by atoms with Gasteiger partial charge in [0.2, 0.25) is 5.91 Å². The number of carbonyl (C=O) groups is 1. The molecular weight excluding hydrogens is 324 g/mol. The maximum Gasteiger partial charge on any atom is 0.283 e. The molecule has 112 valence electrons. The number of halogens is 1. The molecule has 0 aliphatic heterocycles. The average molecular weight is 345 g/mol. The van der Waals surface area contributed by atoms with Crippen LogP contribution < -0.4 is 16.6 Å². The van der Waals surface area contributed by atoms with Crippen molar-refractivity contribution in [1.82, 2.24) is 9.78 Å². The van der Waals surface area contributed by atoms with E-state index in [2.05, 4.69) is 26.3 Å². The van der Waals surface area contributed by atoms with E-state index in [1.165, 1.54) is 4.68 Å². The van der Waals surface area contributed by atoms with Crippen LogP contribution >= 0.6 is 15.9 Å². The number of nitrogens with two attached hydrogens (primary N) is 1. The molecule has 1 aromatic rings. The van der Waals surface area contributed by atoms with Gasteiger partial charge in [-0.1, -0.05) is 13.8 Å². The van der Waals surface area contributed by atoms with Crippen LogP contribution in [0.1, 0.15) is 27.7 Å². The summed E-state index contributed by atoms with van der Waals surface area (Å²) in [5.41, 5.74) is 4.97. The number of nitrogens with one attached hydrogen (secondary N) is 1. The van der Waals surface area contributed by atoms with E-state index in [0.717, 1.165) is 0 Å². The van der Waals surface area contributed by atoms with Crippen LogP contribution in [0.3, 0.4) is 0 Å². The Morgan fingerprint density at radius 1 is 1.55 bits per heavy atom. The van der Waals surface area contributed by atoms with Gasteiger partial charge < -0.3 is 11.1 Å². The molecule has 1 rings (SSSR count). The van der Waals surface area contributed by atoms with Crippen LogP contribution in [0.15, 0.2) is 15.5 Å². The Bertz CT molecular complexity index is 552. The summed E-state index contributed by atoms with van der Waals surface area (Å²) in [4.78, 5) is 23.4. The summed E-state index contributed by atoms with van der Waals surface area (Å²) in [5.74, 6) is -0.0677. The first-order valence-electron chi connectivity index (χ1n) is 6.44. The molecule has 0 fully saturated rings. The Morgan fingerprint density at radius 3 is 2.65 bits per heavy atom. The molecule has 0 radical (unpaired) electrons. The summed E-state index contributed by atoms with van der Waals surface area (Å²) >= 11 is 3.27. The zero-order chi connectivity index (χ0) is 15.5. The lowest BCUT2D eigenvalue weighted by molar-refractivity contribution is -0.125. The predicted molar refractivity (Wildman–Crippen MR) is 82.5 cm³/mol. The molecule has 0 spiro atoms. The first-order valence-corrected chi connectivity index (χ1v) is 7.24. The Hall–Kier alpha value is -1.37. The van der Waals surface area contributed by atoms with E-state index in [-0.39, 0.29) is 5.56 Å². The summed E-state index contributed by atoms with van der Waals surface area (Å²) in [6.45, 7) is 8.40. The second kappa shape index (κ2) is 6.39. The van der Waals surface area contributed by atoms with Gasteiger partial charge in [-0.25, -0.2) is 4.68 Å². The van der Waals surface area contributed by atoms with Gasteiger partial charge in [0.05, 0.1) is 17.3 Å². The van der Waals surface area contributed by atoms with Gasteiger partial charge in [-0.2, -0.15) is 5.10 Å². The minimum Gasteiger partial charge on any atom is -0.382 e. The molecule has 0 aliphatic rings. The molecule has 0 aliphatic carbocycles. The summed E-state index contributed by atoms with van der Waals surface area (Å²) in [5, 5.41) is 7.15. The Balaban J connectivity index is 2.91. The van der Waals surface area contributed by atoms with Gasteiger partial charge in [0.15, 0.2) is 0 Å². The molecule has 0 saturated carbocycles. The fourth-order valence-corrected chi connectivity index (χ4v) is 1.91. The van der Waals surface area contributed by atoms with Gasteiger partial charge >= 0.3 is 0 Å². The highest BCUT2D eigenvalue weighted by atomic mass is 79.9. The molecule has 0 atom stereocenters. The molecule has 1 aromatic heterocycles. The summed E-state index contributed by atoms with van der Waals surface area (Å²) < 4.78 is 1.83. The summed E-state index contributed by atoms with van der Waals surface area (Å²) in [6.07, 6.45) is 1.57. The molecule has 1 heterocycles. The largest absolute Gasteiger partial charge is 0.382 e. The first kappa shape index (κ1) is 16.7. The summed E-state index contributed by atoms with van der Waals surface area (Å²) in [7, 11) is 0. The van der Waals surface area contributed by atoms with E-state index in [1.807, 2.05) is 13.8 Å². The molecule has 0 aromatic carbocycles. The van der Waals surface area contributed by atoms with Gasteiger partial charge in [-0.3, -0.25) is 9.59 Å². The third-order valence-corrected chi connectivity index (χ3v) is 3.68. The molecule has 0 bridgehead atoms. The molecule has 7 heteroatoms. The minimum atomic E-state index is -0.702. The van der Waals surface area contributed by atoms with Crippen molar-refractivity contribution >= 4 is 27.5 Å². The van der Waals surface area contributed by atoms with E-state index < -0.39 is 11.3 Å². The van der Waals surface area contributed by atoms with Gasteiger partial charge in [-0.05, 0) is 35.7 Å². The smallest absolute Gasteiger partial charge is 0.283 e. The normalized spacial score (nSPS) is 11.7. The third-order valence-electron chi connectivity index (χ3n) is 2.91. The van der Waals surface area contributed by atoms with Crippen LogP contribution in [-0.4, -0.2) is 22.2 Å². The Morgan fingerprint density at radius 2 is 2.15 bits per heavy atom. The molecular formula is C13H21BrN4O2. The third kappa shape index (κ3) is 4.06. The second-order valence-corrected chi connectivity index (χ2v) is 6.65. The van der Waals surface area contributed by atoms with Gasteiger partial charge in [0, 0.05) is 13.1 Å². The topological polar surface area (TPSA) is 90.0 Å². The lowest BCUT2D eigenvalue weighted by Crippen LogP contribution is -2.38. The number of carbonyl (C=O) groups excluding carboxylic acids is 1. The number of rotatable bonds is 6. The monoisotopic (exact) mass is 344 g/mol. The number of hydrogen-bond acceptors (Lipinski definition) is 4. The van der Waals surface area contributed by atoms with Crippen molar-refractivity contribution in [3.63, 3.8) is 0 Å². The van der Waals surface area contributed by atoms with Crippen LogP contribution in [0.4, 0.5) is 5.69 Å². The quantitative estimate of drug-likeness (QED) is 0.819. The molecule has 3 N–H and O–H groups in total. The summed E-state index contributed by atoms with van der Waals surface area (Å²) in [6, 6.07) is 0. The Kier molecular flexibility index (Phi) is 5.33. The standard InChI is InChI=1S/C13H21BrN4O2/c1-8(2)6-18-11(19)10(14)9(5-17-18)16-7-13(3,4)12(15)20/h5,8,16H,6-7H2,1-4H3,(H2,15,20). The van der Waals surface area contributed by atoms with E-state index in [9.17, 15) is 9.59 Å². The van der Waals surface area contributed by atoms with E-state index in [0.29, 0.717) is 29.2 Å². The van der Waals surface area contributed by atoms with Crippen LogP contribution in [0.25, 0.3) is 0 Å². The molecule has 20 heavy (non-hydrogen) atoms. The second-order valence-electron chi connectivity index (χ2n) is 5.86. The van der Waals surface area contributed by atoms with Crippen LogP contribution in [0.2, 0.25) is 0 Å². The minimum absolute atomic E-state index is 0.194. The fraction of sp³-hybridized carbons (Fsp3) is 0.615. The molecule has 6 nitrogen and oxygen atoms in total. The fourth-order valence-electron chi connectivity index (χ4n) is 1.47. The van der Waals surface area contributed by atoms with Crippen molar-refractivity contribution in [2.24, 2.45) is 17.1 Å². The van der Waals surface area contributed by atoms with E-state index in [4.69, 9.17) is 5.73 Å². The highest BCUT2D eigenvalue weighted by molar-refractivity contribution is 9.10. The number of primary amides is 1. The van der Waals surface area contributed by atoms with Crippen LogP contribution in [0, 0.1) is 11.3 Å². The number of nitrogens with zero attached hydrogens (tertiary/aromatic N) is 2. The molecule has 1 amide bonds. The van der Waals surface area contributed by atoms with Crippen molar-refractivity contribution in [3.05, 3.63) is 21.0 Å². The predicted octanol–water partition coefficient (Wildman–Crippen LogP) is 1.59. The van der Waals surface area contributed by atoms with E-state index >= 15 is 0 Å². The highest BCUT2D eigenvalue weighted by Crippen LogP contribution is 2.20. The average Bonchev–Trinajstić information content (AvgIpc) is 2.33. The van der Waals surface area contributed by atoms with Crippen LogP contribution in [-0.2, 0) is 11.3 Å². The first-order chi connectivity index (χ1) is 9.15. The SMILES string of the molecule is CC(C)Cn1ncc(NCC(C)(C)C(N)=O)c(Br)c1=O. The van der Waals surface area contributed by atoms with Crippen molar-refractivity contribution in [1.29, 1.82) is 0 Å².